The van der Waals surface area contributed by atoms with Crippen molar-refractivity contribution in [3.63, 3.8) is 0 Å². The molecule has 0 saturated carbocycles. The summed E-state index contributed by atoms with van der Waals surface area (Å²) in [4.78, 5) is 10.2. The van der Waals surface area contributed by atoms with Crippen molar-refractivity contribution in [1.82, 2.24) is 0 Å². The van der Waals surface area contributed by atoms with Crippen LogP contribution in [0.4, 0.5) is 0 Å². The van der Waals surface area contributed by atoms with E-state index in [9.17, 15) is 4.79 Å². The molecule has 0 aromatic rings. The van der Waals surface area contributed by atoms with Crippen LogP contribution in [0.1, 0.15) is 0 Å². The van der Waals surface area contributed by atoms with Crippen LogP contribution in [0.3, 0.4) is 0 Å². The second-order valence-electron chi connectivity index (χ2n) is 1.12. The SMILES string of the molecule is C=C(N)C(=O)OCN. The van der Waals surface area contributed by atoms with Crippen LogP contribution in [0.25, 0.3) is 0 Å². The molecule has 0 aromatic heterocycles. The number of rotatable bonds is 2. The van der Waals surface area contributed by atoms with Crippen molar-refractivity contribution >= 4 is 5.97 Å². The molecule has 0 unspecified atom stereocenters. The molecule has 0 radical (unpaired) electrons. The molecule has 4 heteroatoms. The van der Waals surface area contributed by atoms with Gasteiger partial charge in [0.05, 0.1) is 0 Å². The summed E-state index contributed by atoms with van der Waals surface area (Å²) in [6.07, 6.45) is 0. The first kappa shape index (κ1) is 6.97. The Bertz CT molecular complexity index is 111. The van der Waals surface area contributed by atoms with Crippen molar-refractivity contribution < 1.29 is 9.53 Å². The number of esters is 1. The Balaban J connectivity index is 3.49. The lowest BCUT2D eigenvalue weighted by molar-refractivity contribution is -0.138. The number of carbonyl (C=O) groups excluding carboxylic acids is 1. The van der Waals surface area contributed by atoms with Crippen LogP contribution in [0.2, 0.25) is 0 Å². The van der Waals surface area contributed by atoms with Gasteiger partial charge >= 0.3 is 5.97 Å². The van der Waals surface area contributed by atoms with Gasteiger partial charge in [-0.25, -0.2) is 4.79 Å². The minimum absolute atomic E-state index is 0.129. The van der Waals surface area contributed by atoms with Crippen molar-refractivity contribution in [3.8, 4) is 0 Å². The highest BCUT2D eigenvalue weighted by Gasteiger charge is 1.99. The minimum atomic E-state index is -0.660. The van der Waals surface area contributed by atoms with Gasteiger partial charge in [-0.1, -0.05) is 6.58 Å². The van der Waals surface area contributed by atoms with E-state index in [0.29, 0.717) is 0 Å². The molecule has 0 saturated heterocycles. The quantitative estimate of drug-likeness (QED) is 0.273. The van der Waals surface area contributed by atoms with E-state index in [1.807, 2.05) is 0 Å². The number of hydrogen-bond acceptors (Lipinski definition) is 4. The monoisotopic (exact) mass is 116 g/mol. The van der Waals surface area contributed by atoms with Gasteiger partial charge < -0.3 is 10.5 Å². The molecular weight excluding hydrogens is 108 g/mol. The Labute approximate surface area is 47.1 Å². The van der Waals surface area contributed by atoms with Crippen molar-refractivity contribution in [2.24, 2.45) is 11.5 Å². The first-order chi connectivity index (χ1) is 3.68. The van der Waals surface area contributed by atoms with Gasteiger partial charge in [0.2, 0.25) is 0 Å². The fraction of sp³-hybridized carbons (Fsp3) is 0.250. The zero-order valence-corrected chi connectivity index (χ0v) is 4.39. The van der Waals surface area contributed by atoms with Crippen LogP contribution in [0, 0.1) is 0 Å². The molecule has 46 valence electrons. The van der Waals surface area contributed by atoms with Gasteiger partial charge in [-0.15, -0.1) is 0 Å². The van der Waals surface area contributed by atoms with Gasteiger partial charge in [-0.3, -0.25) is 5.73 Å². The van der Waals surface area contributed by atoms with Gasteiger partial charge in [0, 0.05) is 0 Å². The van der Waals surface area contributed by atoms with Gasteiger partial charge in [0.15, 0.2) is 0 Å². The first-order valence-electron chi connectivity index (χ1n) is 2.00. The van der Waals surface area contributed by atoms with E-state index in [2.05, 4.69) is 11.3 Å². The van der Waals surface area contributed by atoms with E-state index in [1.54, 1.807) is 0 Å². The molecule has 0 aromatic carbocycles. The molecule has 0 bridgehead atoms. The molecule has 0 atom stereocenters. The molecule has 8 heavy (non-hydrogen) atoms. The molecule has 0 amide bonds. The molecule has 0 aliphatic carbocycles. The Kier molecular flexibility index (Phi) is 2.64. The highest BCUT2D eigenvalue weighted by Crippen LogP contribution is 1.80. The predicted octanol–water partition coefficient (Wildman–Crippen LogP) is -1.08. The summed E-state index contributed by atoms with van der Waals surface area (Å²) in [6.45, 7) is 2.96. The van der Waals surface area contributed by atoms with E-state index >= 15 is 0 Å². The summed E-state index contributed by atoms with van der Waals surface area (Å²) in [5.74, 6) is -0.660. The second-order valence-corrected chi connectivity index (χ2v) is 1.12. The Morgan fingerprint density at radius 2 is 2.25 bits per heavy atom. The van der Waals surface area contributed by atoms with E-state index in [-0.39, 0.29) is 12.4 Å². The van der Waals surface area contributed by atoms with Gasteiger partial charge in [-0.2, -0.15) is 0 Å². The lowest BCUT2D eigenvalue weighted by atomic mass is 10.5. The summed E-state index contributed by atoms with van der Waals surface area (Å²) in [6, 6.07) is 0. The summed E-state index contributed by atoms with van der Waals surface area (Å²) in [5.41, 5.74) is 9.60. The number of carbonyl (C=O) groups is 1. The fourth-order valence-corrected chi connectivity index (χ4v) is 0.168. The molecule has 4 nitrogen and oxygen atoms in total. The molecule has 4 N–H and O–H groups in total. The average molecular weight is 116 g/mol. The van der Waals surface area contributed by atoms with Crippen LogP contribution >= 0.6 is 0 Å². The Hall–Kier alpha value is -1.03. The topological polar surface area (TPSA) is 78.3 Å². The van der Waals surface area contributed by atoms with Crippen molar-refractivity contribution in [3.05, 3.63) is 12.3 Å². The molecule has 0 aliphatic heterocycles. The highest BCUT2D eigenvalue weighted by atomic mass is 16.5. The lowest BCUT2D eigenvalue weighted by Gasteiger charge is -1.96. The van der Waals surface area contributed by atoms with Crippen molar-refractivity contribution in [2.45, 2.75) is 0 Å². The van der Waals surface area contributed by atoms with Gasteiger partial charge in [0.1, 0.15) is 12.4 Å². The smallest absolute Gasteiger partial charge is 0.354 e. The normalized spacial score (nSPS) is 8.12. The number of ether oxygens (including phenoxy) is 1. The molecule has 0 fully saturated rings. The number of hydrogen-bond donors (Lipinski definition) is 2. The minimum Gasteiger partial charge on any atom is -0.445 e. The summed E-state index contributed by atoms with van der Waals surface area (Å²) >= 11 is 0. The predicted molar refractivity (Wildman–Crippen MR) is 28.5 cm³/mol. The third kappa shape index (κ3) is 2.20. The van der Waals surface area contributed by atoms with Gasteiger partial charge in [-0.05, 0) is 0 Å². The van der Waals surface area contributed by atoms with E-state index in [0.717, 1.165) is 0 Å². The van der Waals surface area contributed by atoms with Gasteiger partial charge in [0.25, 0.3) is 0 Å². The van der Waals surface area contributed by atoms with E-state index in [1.165, 1.54) is 0 Å². The van der Waals surface area contributed by atoms with Crippen LogP contribution in [-0.4, -0.2) is 12.7 Å². The third-order valence-corrected chi connectivity index (χ3v) is 0.477. The largest absolute Gasteiger partial charge is 0.445 e. The molecule has 0 spiro atoms. The van der Waals surface area contributed by atoms with E-state index < -0.39 is 5.97 Å². The maximum atomic E-state index is 10.2. The zero-order chi connectivity index (χ0) is 6.57. The Morgan fingerprint density at radius 1 is 1.75 bits per heavy atom. The molecule has 0 rings (SSSR count). The Morgan fingerprint density at radius 3 is 2.38 bits per heavy atom. The van der Waals surface area contributed by atoms with E-state index in [4.69, 9.17) is 11.5 Å². The maximum Gasteiger partial charge on any atom is 0.354 e. The summed E-state index contributed by atoms with van der Waals surface area (Å²) in [7, 11) is 0. The molecule has 0 heterocycles. The molecular formula is C4H8N2O2. The standard InChI is InChI=1S/C4H8N2O2/c1-3(6)4(7)8-2-5/h1-2,5-6H2. The fourth-order valence-electron chi connectivity index (χ4n) is 0.168. The van der Waals surface area contributed by atoms with Crippen molar-refractivity contribution in [1.29, 1.82) is 0 Å². The zero-order valence-electron chi connectivity index (χ0n) is 4.39. The van der Waals surface area contributed by atoms with Crippen LogP contribution in [-0.2, 0) is 9.53 Å². The van der Waals surface area contributed by atoms with Crippen LogP contribution < -0.4 is 11.5 Å². The lowest BCUT2D eigenvalue weighted by Crippen LogP contribution is -2.17. The third-order valence-electron chi connectivity index (χ3n) is 0.477. The first-order valence-corrected chi connectivity index (χ1v) is 2.00. The van der Waals surface area contributed by atoms with Crippen molar-refractivity contribution in [2.75, 3.05) is 6.73 Å². The van der Waals surface area contributed by atoms with Crippen LogP contribution in [0.15, 0.2) is 12.3 Å². The highest BCUT2D eigenvalue weighted by molar-refractivity contribution is 5.86. The summed E-state index contributed by atoms with van der Waals surface area (Å²) < 4.78 is 4.22. The second kappa shape index (κ2) is 3.04. The van der Waals surface area contributed by atoms with Crippen LogP contribution in [0.5, 0.6) is 0 Å². The summed E-state index contributed by atoms with van der Waals surface area (Å²) in [5, 5.41) is 0. The average Bonchev–Trinajstić information content (AvgIpc) is 1.67. The maximum absolute atomic E-state index is 10.2. The number of nitrogens with two attached hydrogens (primary N) is 2. The molecule has 0 aliphatic rings.